The third kappa shape index (κ3) is 4.64. The summed E-state index contributed by atoms with van der Waals surface area (Å²) >= 11 is 0. The molecule has 0 saturated carbocycles. The lowest BCUT2D eigenvalue weighted by Gasteiger charge is -2.14. The van der Waals surface area contributed by atoms with Gasteiger partial charge in [-0.1, -0.05) is 12.1 Å². The Balaban J connectivity index is 2.03. The molecule has 0 unspecified atom stereocenters. The van der Waals surface area contributed by atoms with Gasteiger partial charge in [-0.05, 0) is 49.2 Å². The van der Waals surface area contributed by atoms with Gasteiger partial charge in [0, 0.05) is 6.54 Å². The van der Waals surface area contributed by atoms with E-state index in [1.807, 2.05) is 12.1 Å². The summed E-state index contributed by atoms with van der Waals surface area (Å²) in [6.07, 6.45) is 0. The fourth-order valence-corrected chi connectivity index (χ4v) is 4.06. The Morgan fingerprint density at radius 2 is 1.56 bits per heavy atom. The number of aryl methyl sites for hydroxylation is 2. The Bertz CT molecular complexity index is 810. The fraction of sp³-hybridized carbons (Fsp3) is 0.333. The zero-order valence-corrected chi connectivity index (χ0v) is 15.6. The zero-order chi connectivity index (χ0) is 18.4. The summed E-state index contributed by atoms with van der Waals surface area (Å²) in [5.74, 6) is 1.81. The van der Waals surface area contributed by atoms with Crippen LogP contribution < -0.4 is 18.9 Å². The lowest BCUT2D eigenvalue weighted by Crippen LogP contribution is -2.29. The minimum absolute atomic E-state index is 0.144. The van der Waals surface area contributed by atoms with Crippen molar-refractivity contribution in [3.05, 3.63) is 47.5 Å². The van der Waals surface area contributed by atoms with Crippen LogP contribution in [0.4, 0.5) is 0 Å². The second-order valence-electron chi connectivity index (χ2n) is 5.49. The molecule has 0 bridgehead atoms. The molecule has 0 heterocycles. The molecule has 136 valence electrons. The highest BCUT2D eigenvalue weighted by Crippen LogP contribution is 2.26. The second-order valence-corrected chi connectivity index (χ2v) is 7.19. The smallest absolute Gasteiger partial charge is 0.241 e. The highest BCUT2D eigenvalue weighted by atomic mass is 32.2. The number of hydrogen-bond acceptors (Lipinski definition) is 5. The molecule has 0 amide bonds. The maximum atomic E-state index is 12.6. The molecule has 0 radical (unpaired) electrons. The van der Waals surface area contributed by atoms with Gasteiger partial charge < -0.3 is 14.2 Å². The van der Waals surface area contributed by atoms with Crippen LogP contribution in [0.5, 0.6) is 17.2 Å². The van der Waals surface area contributed by atoms with Crippen molar-refractivity contribution >= 4 is 10.0 Å². The maximum Gasteiger partial charge on any atom is 0.241 e. The van der Waals surface area contributed by atoms with Crippen LogP contribution in [-0.2, 0) is 10.0 Å². The van der Waals surface area contributed by atoms with Crippen LogP contribution in [0, 0.1) is 13.8 Å². The fourth-order valence-electron chi connectivity index (χ4n) is 2.60. The number of ether oxygens (including phenoxy) is 3. The number of methoxy groups -OCH3 is 2. The van der Waals surface area contributed by atoms with E-state index >= 15 is 0 Å². The number of benzene rings is 2. The topological polar surface area (TPSA) is 73.9 Å². The molecule has 0 aromatic heterocycles. The lowest BCUT2D eigenvalue weighted by molar-refractivity contribution is 0.298. The Morgan fingerprint density at radius 1 is 0.960 bits per heavy atom. The van der Waals surface area contributed by atoms with Crippen molar-refractivity contribution in [2.24, 2.45) is 0 Å². The van der Waals surface area contributed by atoms with Gasteiger partial charge >= 0.3 is 0 Å². The molecule has 0 atom stereocenters. The summed E-state index contributed by atoms with van der Waals surface area (Å²) in [5.41, 5.74) is 1.27. The first-order chi connectivity index (χ1) is 11.9. The van der Waals surface area contributed by atoms with Gasteiger partial charge in [0.25, 0.3) is 0 Å². The normalized spacial score (nSPS) is 11.2. The quantitative estimate of drug-likeness (QED) is 0.728. The van der Waals surface area contributed by atoms with Gasteiger partial charge in [0.1, 0.15) is 12.4 Å². The van der Waals surface area contributed by atoms with Gasteiger partial charge in [-0.2, -0.15) is 0 Å². The minimum Gasteiger partial charge on any atom is -0.497 e. The van der Waals surface area contributed by atoms with Crippen molar-refractivity contribution in [1.29, 1.82) is 0 Å². The van der Waals surface area contributed by atoms with E-state index in [9.17, 15) is 8.42 Å². The van der Waals surface area contributed by atoms with Gasteiger partial charge in [0.05, 0.1) is 19.1 Å². The van der Waals surface area contributed by atoms with Crippen molar-refractivity contribution < 1.29 is 22.6 Å². The van der Waals surface area contributed by atoms with Crippen LogP contribution in [0.25, 0.3) is 0 Å². The highest BCUT2D eigenvalue weighted by molar-refractivity contribution is 7.89. The number of nitrogens with one attached hydrogen (secondary N) is 1. The molecule has 2 aromatic rings. The first-order valence-corrected chi connectivity index (χ1v) is 9.28. The highest BCUT2D eigenvalue weighted by Gasteiger charge is 2.20. The molecule has 0 saturated heterocycles. The molecule has 25 heavy (non-hydrogen) atoms. The third-order valence-electron chi connectivity index (χ3n) is 3.66. The van der Waals surface area contributed by atoms with E-state index in [0.717, 1.165) is 0 Å². The molecule has 6 nitrogen and oxygen atoms in total. The van der Waals surface area contributed by atoms with Gasteiger partial charge in [-0.15, -0.1) is 0 Å². The number of para-hydroxylation sites is 2. The molecule has 2 aromatic carbocycles. The summed E-state index contributed by atoms with van der Waals surface area (Å²) in [7, 11) is -0.526. The molecule has 1 N–H and O–H groups in total. The van der Waals surface area contributed by atoms with Crippen LogP contribution >= 0.6 is 0 Å². The molecular formula is C18H23NO5S. The number of rotatable bonds is 8. The molecule has 0 aliphatic heterocycles. The summed E-state index contributed by atoms with van der Waals surface area (Å²) in [6.45, 7) is 3.82. The van der Waals surface area contributed by atoms with E-state index in [4.69, 9.17) is 14.2 Å². The van der Waals surface area contributed by atoms with Crippen molar-refractivity contribution in [3.63, 3.8) is 0 Å². The van der Waals surface area contributed by atoms with Crippen LogP contribution in [-0.4, -0.2) is 35.8 Å². The Labute approximate surface area is 148 Å². The SMILES string of the molecule is COc1cc(C)c(S(=O)(=O)NCCOc2ccccc2OC)c(C)c1. The lowest BCUT2D eigenvalue weighted by atomic mass is 10.1. The molecule has 0 aliphatic carbocycles. The second kappa shape index (κ2) is 8.22. The maximum absolute atomic E-state index is 12.6. The average Bonchev–Trinajstić information content (AvgIpc) is 2.58. The summed E-state index contributed by atoms with van der Waals surface area (Å²) in [4.78, 5) is 0.269. The number of sulfonamides is 1. The van der Waals surface area contributed by atoms with Crippen LogP contribution in [0.3, 0.4) is 0 Å². The van der Waals surface area contributed by atoms with Crippen molar-refractivity contribution in [1.82, 2.24) is 4.72 Å². The van der Waals surface area contributed by atoms with Crippen LogP contribution in [0.15, 0.2) is 41.3 Å². The van der Waals surface area contributed by atoms with Gasteiger partial charge in [0.2, 0.25) is 10.0 Å². The predicted octanol–water partition coefficient (Wildman–Crippen LogP) is 2.68. The molecule has 0 fully saturated rings. The van der Waals surface area contributed by atoms with E-state index in [-0.39, 0.29) is 18.0 Å². The van der Waals surface area contributed by atoms with E-state index in [1.165, 1.54) is 0 Å². The van der Waals surface area contributed by atoms with Crippen LogP contribution in [0.1, 0.15) is 11.1 Å². The molecule has 2 rings (SSSR count). The van der Waals surface area contributed by atoms with Crippen LogP contribution in [0.2, 0.25) is 0 Å². The standard InChI is InChI=1S/C18H23NO5S/c1-13-11-15(22-3)12-14(2)18(13)25(20,21)19-9-10-24-17-8-6-5-7-16(17)23-4/h5-8,11-12,19H,9-10H2,1-4H3. The van der Waals surface area contributed by atoms with E-state index in [2.05, 4.69) is 4.72 Å². The van der Waals surface area contributed by atoms with Crippen molar-refractivity contribution in [2.45, 2.75) is 18.7 Å². The first-order valence-electron chi connectivity index (χ1n) is 7.79. The minimum atomic E-state index is -3.63. The number of hydrogen-bond donors (Lipinski definition) is 1. The molecule has 0 aliphatic rings. The van der Waals surface area contributed by atoms with Crippen molar-refractivity contribution in [3.8, 4) is 17.2 Å². The Morgan fingerprint density at radius 3 is 2.12 bits per heavy atom. The van der Waals surface area contributed by atoms with E-state index < -0.39 is 10.0 Å². The molecular weight excluding hydrogens is 342 g/mol. The van der Waals surface area contributed by atoms with Gasteiger partial charge in [-0.25, -0.2) is 13.1 Å². The summed E-state index contributed by atoms with van der Waals surface area (Å²) < 4.78 is 43.7. The summed E-state index contributed by atoms with van der Waals surface area (Å²) in [6, 6.07) is 10.6. The average molecular weight is 365 g/mol. The first kappa shape index (κ1) is 19.1. The Hall–Kier alpha value is -2.25. The van der Waals surface area contributed by atoms with E-state index in [1.54, 1.807) is 52.3 Å². The largest absolute Gasteiger partial charge is 0.497 e. The predicted molar refractivity (Wildman–Crippen MR) is 96.1 cm³/mol. The monoisotopic (exact) mass is 365 g/mol. The Kier molecular flexibility index (Phi) is 6.27. The van der Waals surface area contributed by atoms with E-state index in [0.29, 0.717) is 28.4 Å². The molecule has 7 heteroatoms. The zero-order valence-electron chi connectivity index (χ0n) is 14.8. The van der Waals surface area contributed by atoms with Gasteiger partial charge in [-0.3, -0.25) is 0 Å². The van der Waals surface area contributed by atoms with Gasteiger partial charge in [0.15, 0.2) is 11.5 Å². The third-order valence-corrected chi connectivity index (χ3v) is 5.42. The van der Waals surface area contributed by atoms with Crippen molar-refractivity contribution in [2.75, 3.05) is 27.4 Å². The molecule has 0 spiro atoms. The summed E-state index contributed by atoms with van der Waals surface area (Å²) in [5, 5.41) is 0.